The first-order valence-electron chi connectivity index (χ1n) is 11.7. The molecule has 33 heavy (non-hydrogen) atoms. The van der Waals surface area contributed by atoms with Gasteiger partial charge in [0.2, 0.25) is 0 Å². The highest BCUT2D eigenvalue weighted by molar-refractivity contribution is 5.74. The Bertz CT molecular complexity index is 706. The van der Waals surface area contributed by atoms with Crippen molar-refractivity contribution >= 4 is 6.03 Å². The van der Waals surface area contributed by atoms with Gasteiger partial charge in [-0.05, 0) is 63.1 Å². The standard InChI is InChI=1S/C25H45N3O5/c1-17(2)19(15-20(26)21(29)16-27-24(30)28-25(3,4)5)13-18-9-10-22(32-7)23(14-18)33-12-8-11-31-6/h9-10,14,17,19-21,29H,8,11-13,15-16,26H2,1-7H3,(H2,27,28,30)/t19-,20-,21-/m0/s1. The van der Waals surface area contributed by atoms with Crippen LogP contribution in [0.5, 0.6) is 11.5 Å². The summed E-state index contributed by atoms with van der Waals surface area (Å²) in [5.74, 6) is 2.04. The minimum Gasteiger partial charge on any atom is -0.493 e. The number of urea groups is 1. The van der Waals surface area contributed by atoms with E-state index in [1.54, 1.807) is 14.2 Å². The zero-order valence-corrected chi connectivity index (χ0v) is 21.4. The second kappa shape index (κ2) is 14.3. The third-order valence-corrected chi connectivity index (χ3v) is 5.45. The normalized spacial score (nSPS) is 14.5. The van der Waals surface area contributed by atoms with E-state index >= 15 is 0 Å². The van der Waals surface area contributed by atoms with Crippen molar-refractivity contribution in [3.63, 3.8) is 0 Å². The monoisotopic (exact) mass is 467 g/mol. The summed E-state index contributed by atoms with van der Waals surface area (Å²) in [6.45, 7) is 11.3. The zero-order chi connectivity index (χ0) is 25.0. The molecular weight excluding hydrogens is 422 g/mol. The van der Waals surface area contributed by atoms with Crippen LogP contribution >= 0.6 is 0 Å². The van der Waals surface area contributed by atoms with Gasteiger partial charge in [-0.25, -0.2) is 4.79 Å². The van der Waals surface area contributed by atoms with Crippen LogP contribution in [0.3, 0.4) is 0 Å². The highest BCUT2D eigenvalue weighted by Gasteiger charge is 2.24. The summed E-state index contributed by atoms with van der Waals surface area (Å²) in [5.41, 5.74) is 7.10. The second-order valence-corrected chi connectivity index (χ2v) is 9.94. The molecule has 0 unspecified atom stereocenters. The van der Waals surface area contributed by atoms with Crippen LogP contribution in [0.25, 0.3) is 0 Å². The molecule has 0 aliphatic carbocycles. The van der Waals surface area contributed by atoms with Gasteiger partial charge < -0.3 is 35.7 Å². The van der Waals surface area contributed by atoms with Gasteiger partial charge in [0, 0.05) is 38.3 Å². The number of hydrogen-bond acceptors (Lipinski definition) is 6. The van der Waals surface area contributed by atoms with Crippen LogP contribution in [0.4, 0.5) is 4.79 Å². The average Bonchev–Trinajstić information content (AvgIpc) is 2.73. The predicted octanol–water partition coefficient (Wildman–Crippen LogP) is 3.10. The molecule has 0 aliphatic heterocycles. The van der Waals surface area contributed by atoms with E-state index in [1.165, 1.54) is 0 Å². The van der Waals surface area contributed by atoms with E-state index in [2.05, 4.69) is 24.5 Å². The third kappa shape index (κ3) is 11.6. The predicted molar refractivity (Wildman–Crippen MR) is 132 cm³/mol. The first-order chi connectivity index (χ1) is 15.5. The fraction of sp³-hybridized carbons (Fsp3) is 0.720. The molecule has 0 radical (unpaired) electrons. The van der Waals surface area contributed by atoms with Crippen molar-refractivity contribution < 1.29 is 24.1 Å². The van der Waals surface area contributed by atoms with E-state index in [4.69, 9.17) is 19.9 Å². The molecule has 0 saturated carbocycles. The van der Waals surface area contributed by atoms with Gasteiger partial charge in [-0.15, -0.1) is 0 Å². The summed E-state index contributed by atoms with van der Waals surface area (Å²) in [5, 5.41) is 16.0. The van der Waals surface area contributed by atoms with Gasteiger partial charge >= 0.3 is 6.03 Å². The molecule has 1 rings (SSSR count). The number of hydrogen-bond donors (Lipinski definition) is 4. The van der Waals surface area contributed by atoms with Crippen molar-refractivity contribution in [1.82, 2.24) is 10.6 Å². The Labute approximate surface area is 199 Å². The molecule has 8 heteroatoms. The average molecular weight is 468 g/mol. The Morgan fingerprint density at radius 3 is 2.42 bits per heavy atom. The van der Waals surface area contributed by atoms with Crippen molar-refractivity contribution in [1.29, 1.82) is 0 Å². The molecule has 3 atom stereocenters. The number of ether oxygens (including phenoxy) is 3. The number of carbonyl (C=O) groups excluding carboxylic acids is 1. The van der Waals surface area contributed by atoms with Gasteiger partial charge in [0.25, 0.3) is 0 Å². The first-order valence-corrected chi connectivity index (χ1v) is 11.7. The van der Waals surface area contributed by atoms with Gasteiger partial charge in [-0.1, -0.05) is 19.9 Å². The molecule has 1 aromatic carbocycles. The van der Waals surface area contributed by atoms with E-state index in [-0.39, 0.29) is 24.0 Å². The number of benzene rings is 1. The van der Waals surface area contributed by atoms with E-state index in [0.29, 0.717) is 37.1 Å². The van der Waals surface area contributed by atoms with Gasteiger partial charge in [-0.3, -0.25) is 0 Å². The van der Waals surface area contributed by atoms with Crippen LogP contribution in [-0.4, -0.2) is 62.8 Å². The number of nitrogens with two attached hydrogens (primary N) is 1. The summed E-state index contributed by atoms with van der Waals surface area (Å²) in [7, 11) is 3.30. The molecule has 0 aliphatic rings. The summed E-state index contributed by atoms with van der Waals surface area (Å²) in [6.07, 6.45) is 1.41. The van der Waals surface area contributed by atoms with Crippen molar-refractivity contribution in [2.75, 3.05) is 34.0 Å². The number of methoxy groups -OCH3 is 2. The van der Waals surface area contributed by atoms with Gasteiger partial charge in [0.15, 0.2) is 11.5 Å². The summed E-state index contributed by atoms with van der Waals surface area (Å²) >= 11 is 0. The first kappa shape index (κ1) is 29.0. The van der Waals surface area contributed by atoms with Crippen LogP contribution in [0.15, 0.2) is 18.2 Å². The molecule has 0 fully saturated rings. The van der Waals surface area contributed by atoms with Gasteiger partial charge in [0.1, 0.15) is 0 Å². The third-order valence-electron chi connectivity index (χ3n) is 5.45. The molecule has 0 bridgehead atoms. The summed E-state index contributed by atoms with van der Waals surface area (Å²) in [6, 6.07) is 5.21. The number of aliphatic hydroxyl groups is 1. The molecular formula is C25H45N3O5. The van der Waals surface area contributed by atoms with E-state index < -0.39 is 12.1 Å². The maximum Gasteiger partial charge on any atom is 0.315 e. The lowest BCUT2D eigenvalue weighted by atomic mass is 9.83. The number of amides is 2. The maximum atomic E-state index is 11.9. The van der Waals surface area contributed by atoms with Crippen molar-refractivity contribution in [2.45, 2.75) is 71.6 Å². The largest absolute Gasteiger partial charge is 0.493 e. The molecule has 190 valence electrons. The summed E-state index contributed by atoms with van der Waals surface area (Å²) < 4.78 is 16.4. The van der Waals surface area contributed by atoms with Crippen molar-refractivity contribution in [3.8, 4) is 11.5 Å². The minimum atomic E-state index is -0.826. The minimum absolute atomic E-state index is 0.107. The topological polar surface area (TPSA) is 115 Å². The second-order valence-electron chi connectivity index (χ2n) is 9.94. The molecule has 1 aromatic rings. The Morgan fingerprint density at radius 2 is 1.85 bits per heavy atom. The van der Waals surface area contributed by atoms with Crippen LogP contribution in [-0.2, 0) is 11.2 Å². The molecule has 8 nitrogen and oxygen atoms in total. The lowest BCUT2D eigenvalue weighted by molar-refractivity contribution is 0.125. The molecule has 5 N–H and O–H groups in total. The van der Waals surface area contributed by atoms with E-state index in [9.17, 15) is 9.90 Å². The SMILES string of the molecule is COCCCOc1cc(C[C@@H](C[C@H](N)[C@@H](O)CNC(=O)NC(C)(C)C)C(C)C)ccc1OC. The fourth-order valence-electron chi connectivity index (χ4n) is 3.48. The lowest BCUT2D eigenvalue weighted by Gasteiger charge is -2.28. The maximum absolute atomic E-state index is 11.9. The molecule has 0 saturated heterocycles. The van der Waals surface area contributed by atoms with Crippen molar-refractivity contribution in [3.05, 3.63) is 23.8 Å². The summed E-state index contributed by atoms with van der Waals surface area (Å²) in [4.78, 5) is 11.9. The molecule has 0 heterocycles. The number of carbonyl (C=O) groups is 1. The van der Waals surface area contributed by atoms with Crippen LogP contribution in [0.1, 0.15) is 53.0 Å². The Balaban J connectivity index is 2.72. The van der Waals surface area contributed by atoms with Crippen molar-refractivity contribution in [2.24, 2.45) is 17.6 Å². The number of rotatable bonds is 14. The zero-order valence-electron chi connectivity index (χ0n) is 21.4. The van der Waals surface area contributed by atoms with Gasteiger partial charge in [0.05, 0.1) is 19.8 Å². The number of nitrogens with one attached hydrogen (secondary N) is 2. The molecule has 2 amide bonds. The Morgan fingerprint density at radius 1 is 1.15 bits per heavy atom. The smallest absolute Gasteiger partial charge is 0.315 e. The Hall–Kier alpha value is -2.03. The highest BCUT2D eigenvalue weighted by atomic mass is 16.5. The van der Waals surface area contributed by atoms with E-state index in [0.717, 1.165) is 18.4 Å². The fourth-order valence-corrected chi connectivity index (χ4v) is 3.48. The Kier molecular flexibility index (Phi) is 12.5. The van der Waals surface area contributed by atoms with Crippen LogP contribution < -0.4 is 25.8 Å². The quantitative estimate of drug-likeness (QED) is 0.313. The van der Waals surface area contributed by atoms with Gasteiger partial charge in [-0.2, -0.15) is 0 Å². The van der Waals surface area contributed by atoms with Crippen LogP contribution in [0, 0.1) is 11.8 Å². The van der Waals surface area contributed by atoms with Crippen LogP contribution in [0.2, 0.25) is 0 Å². The lowest BCUT2D eigenvalue weighted by Crippen LogP contribution is -2.51. The molecule has 0 aromatic heterocycles. The highest BCUT2D eigenvalue weighted by Crippen LogP contribution is 2.31. The van der Waals surface area contributed by atoms with E-state index in [1.807, 2.05) is 39.0 Å². The number of aliphatic hydroxyl groups excluding tert-OH is 1. The molecule has 0 spiro atoms.